The van der Waals surface area contributed by atoms with Crippen molar-refractivity contribution in [2.24, 2.45) is 5.41 Å². The summed E-state index contributed by atoms with van der Waals surface area (Å²) in [5.41, 5.74) is 1.22. The Labute approximate surface area is 105 Å². The third kappa shape index (κ3) is 3.56. The molecule has 1 saturated carbocycles. The zero-order valence-corrected chi connectivity index (χ0v) is 11.7. The van der Waals surface area contributed by atoms with E-state index in [1.54, 1.807) is 11.0 Å². The Bertz CT molecular complexity index is 309. The maximum atomic E-state index is 12.1. The van der Waals surface area contributed by atoms with Crippen LogP contribution in [0.2, 0.25) is 0 Å². The van der Waals surface area contributed by atoms with Gasteiger partial charge in [0.15, 0.2) is 0 Å². The lowest BCUT2D eigenvalue weighted by molar-refractivity contribution is -0.130. The number of aliphatic hydroxyl groups is 1. The highest BCUT2D eigenvalue weighted by Crippen LogP contribution is 2.29. The van der Waals surface area contributed by atoms with E-state index in [1.807, 2.05) is 7.05 Å². The first kappa shape index (κ1) is 14.2. The van der Waals surface area contributed by atoms with Crippen molar-refractivity contribution in [3.63, 3.8) is 0 Å². The molecule has 3 nitrogen and oxygen atoms in total. The second-order valence-electron chi connectivity index (χ2n) is 6.00. The van der Waals surface area contributed by atoms with Crippen LogP contribution in [0.1, 0.15) is 47.0 Å². The number of hydrogen-bond donors (Lipinski definition) is 1. The fourth-order valence-corrected chi connectivity index (χ4v) is 2.16. The van der Waals surface area contributed by atoms with E-state index in [1.165, 1.54) is 5.57 Å². The Hall–Kier alpha value is -0.830. The molecule has 0 atom stereocenters. The molecule has 1 amide bonds. The van der Waals surface area contributed by atoms with E-state index in [4.69, 9.17) is 0 Å². The Morgan fingerprint density at radius 2 is 1.94 bits per heavy atom. The van der Waals surface area contributed by atoms with Gasteiger partial charge in [-0.2, -0.15) is 0 Å². The van der Waals surface area contributed by atoms with Crippen LogP contribution in [0.15, 0.2) is 11.6 Å². The van der Waals surface area contributed by atoms with Gasteiger partial charge in [-0.05, 0) is 24.7 Å². The molecule has 0 heterocycles. The Balaban J connectivity index is 2.66. The van der Waals surface area contributed by atoms with Crippen molar-refractivity contribution >= 4 is 5.91 Å². The van der Waals surface area contributed by atoms with Crippen molar-refractivity contribution in [1.82, 2.24) is 4.90 Å². The summed E-state index contributed by atoms with van der Waals surface area (Å²) in [6.45, 7) is 8.46. The number of nitrogens with zero attached hydrogens (tertiary/aromatic N) is 1. The Morgan fingerprint density at radius 3 is 2.29 bits per heavy atom. The van der Waals surface area contributed by atoms with E-state index in [0.717, 1.165) is 6.42 Å². The minimum Gasteiger partial charge on any atom is -0.393 e. The summed E-state index contributed by atoms with van der Waals surface area (Å²) in [4.78, 5) is 13.8. The van der Waals surface area contributed by atoms with Gasteiger partial charge in [0, 0.05) is 19.2 Å². The van der Waals surface area contributed by atoms with Crippen molar-refractivity contribution in [3.8, 4) is 0 Å². The zero-order chi connectivity index (χ0) is 13.2. The van der Waals surface area contributed by atoms with Crippen LogP contribution < -0.4 is 0 Å². The molecule has 0 aromatic heterocycles. The summed E-state index contributed by atoms with van der Waals surface area (Å²) in [7, 11) is 1.82. The molecule has 1 N–H and O–H groups in total. The molecular formula is C14H25NO2. The van der Waals surface area contributed by atoms with E-state index >= 15 is 0 Å². The van der Waals surface area contributed by atoms with Gasteiger partial charge in [-0.25, -0.2) is 0 Å². The fourth-order valence-electron chi connectivity index (χ4n) is 2.16. The molecule has 0 unspecified atom stereocenters. The van der Waals surface area contributed by atoms with Crippen molar-refractivity contribution < 1.29 is 9.90 Å². The highest BCUT2D eigenvalue weighted by molar-refractivity contribution is 5.88. The molecule has 1 aliphatic rings. The standard InChI is InChI=1S/C14H25NO2/c1-6-10(14(2,3)4)7-13(17)15(5)11-8-12(16)9-11/h7,11-12,16H,6,8-9H2,1-5H3/b10-7+. The van der Waals surface area contributed by atoms with Crippen LogP contribution >= 0.6 is 0 Å². The number of allylic oxidation sites excluding steroid dienone is 1. The normalized spacial score (nSPS) is 25.4. The van der Waals surface area contributed by atoms with Crippen LogP contribution in [0.4, 0.5) is 0 Å². The number of rotatable bonds is 3. The molecule has 0 aliphatic heterocycles. The summed E-state index contributed by atoms with van der Waals surface area (Å²) in [6, 6.07) is 0.215. The van der Waals surface area contributed by atoms with Crippen LogP contribution in [0.3, 0.4) is 0 Å². The Kier molecular flexibility index (Phi) is 4.36. The number of amides is 1. The molecule has 0 saturated heterocycles. The van der Waals surface area contributed by atoms with Crippen molar-refractivity contribution in [2.75, 3.05) is 7.05 Å². The number of carbonyl (C=O) groups is 1. The summed E-state index contributed by atoms with van der Waals surface area (Å²) in [5, 5.41) is 9.25. The molecule has 1 fully saturated rings. The average molecular weight is 239 g/mol. The lowest BCUT2D eigenvalue weighted by atomic mass is 9.84. The van der Waals surface area contributed by atoms with E-state index in [9.17, 15) is 9.90 Å². The minimum absolute atomic E-state index is 0.0460. The predicted octanol–water partition coefficient (Wildman–Crippen LogP) is 2.35. The molecule has 17 heavy (non-hydrogen) atoms. The van der Waals surface area contributed by atoms with Crippen molar-refractivity contribution in [1.29, 1.82) is 0 Å². The largest absolute Gasteiger partial charge is 0.393 e. The Morgan fingerprint density at radius 1 is 1.41 bits per heavy atom. The van der Waals surface area contributed by atoms with Crippen molar-refractivity contribution in [2.45, 2.75) is 59.1 Å². The quantitative estimate of drug-likeness (QED) is 0.768. The summed E-state index contributed by atoms with van der Waals surface area (Å²) in [6.07, 6.45) is 3.88. The van der Waals surface area contributed by atoms with Gasteiger partial charge in [0.05, 0.1) is 6.10 Å². The monoisotopic (exact) mass is 239 g/mol. The summed E-state index contributed by atoms with van der Waals surface area (Å²) < 4.78 is 0. The lowest BCUT2D eigenvalue weighted by Gasteiger charge is -2.38. The first-order chi connectivity index (χ1) is 7.75. The third-order valence-corrected chi connectivity index (χ3v) is 3.63. The molecule has 98 valence electrons. The maximum Gasteiger partial charge on any atom is 0.246 e. The molecule has 0 aromatic carbocycles. The van der Waals surface area contributed by atoms with Gasteiger partial charge in [0.25, 0.3) is 0 Å². The average Bonchev–Trinajstić information content (AvgIpc) is 2.18. The molecule has 0 bridgehead atoms. The second-order valence-corrected chi connectivity index (χ2v) is 6.00. The van der Waals surface area contributed by atoms with Gasteiger partial charge in [-0.1, -0.05) is 33.3 Å². The zero-order valence-electron chi connectivity index (χ0n) is 11.7. The maximum absolute atomic E-state index is 12.1. The van der Waals surface area contributed by atoms with Gasteiger partial charge in [-0.15, -0.1) is 0 Å². The first-order valence-electron chi connectivity index (χ1n) is 6.41. The van der Waals surface area contributed by atoms with E-state index in [-0.39, 0.29) is 23.5 Å². The fraction of sp³-hybridized carbons (Fsp3) is 0.786. The van der Waals surface area contributed by atoms with E-state index < -0.39 is 0 Å². The molecule has 1 rings (SSSR count). The molecule has 0 aromatic rings. The van der Waals surface area contributed by atoms with Gasteiger partial charge < -0.3 is 10.0 Å². The molecule has 0 radical (unpaired) electrons. The number of carbonyl (C=O) groups excluding carboxylic acids is 1. The minimum atomic E-state index is -0.215. The number of likely N-dealkylation sites (N-methyl/N-ethyl adjacent to an activating group) is 1. The molecule has 0 spiro atoms. The smallest absolute Gasteiger partial charge is 0.246 e. The van der Waals surface area contributed by atoms with Crippen LogP contribution in [0, 0.1) is 5.41 Å². The van der Waals surface area contributed by atoms with E-state index in [0.29, 0.717) is 12.8 Å². The summed E-state index contributed by atoms with van der Waals surface area (Å²) in [5.74, 6) is 0.0636. The molecule has 3 heteroatoms. The molecular weight excluding hydrogens is 214 g/mol. The SMILES string of the molecule is CC/C(=C\C(=O)N(C)C1CC(O)C1)C(C)(C)C. The second kappa shape index (κ2) is 5.21. The van der Waals surface area contributed by atoms with E-state index in [2.05, 4.69) is 27.7 Å². The third-order valence-electron chi connectivity index (χ3n) is 3.63. The van der Waals surface area contributed by atoms with Gasteiger partial charge in [-0.3, -0.25) is 4.79 Å². The number of aliphatic hydroxyl groups excluding tert-OH is 1. The highest BCUT2D eigenvalue weighted by Gasteiger charge is 2.32. The van der Waals surface area contributed by atoms with Crippen LogP contribution in [0.5, 0.6) is 0 Å². The number of hydrogen-bond acceptors (Lipinski definition) is 2. The predicted molar refractivity (Wildman–Crippen MR) is 69.6 cm³/mol. The highest BCUT2D eigenvalue weighted by atomic mass is 16.3. The van der Waals surface area contributed by atoms with Gasteiger partial charge >= 0.3 is 0 Å². The van der Waals surface area contributed by atoms with Crippen LogP contribution in [0.25, 0.3) is 0 Å². The van der Waals surface area contributed by atoms with Gasteiger partial charge in [0.2, 0.25) is 5.91 Å². The van der Waals surface area contributed by atoms with Crippen LogP contribution in [-0.4, -0.2) is 35.1 Å². The summed E-state index contributed by atoms with van der Waals surface area (Å²) >= 11 is 0. The topological polar surface area (TPSA) is 40.5 Å². The van der Waals surface area contributed by atoms with Crippen molar-refractivity contribution in [3.05, 3.63) is 11.6 Å². The lowest BCUT2D eigenvalue weighted by Crippen LogP contribution is -2.47. The van der Waals surface area contributed by atoms with Gasteiger partial charge in [0.1, 0.15) is 0 Å². The van der Waals surface area contributed by atoms with Crippen LogP contribution in [-0.2, 0) is 4.79 Å². The first-order valence-corrected chi connectivity index (χ1v) is 6.41. The molecule has 1 aliphatic carbocycles.